The van der Waals surface area contributed by atoms with Crippen molar-refractivity contribution in [2.45, 2.75) is 44.3 Å². The third-order valence-corrected chi connectivity index (χ3v) is 4.90. The summed E-state index contributed by atoms with van der Waals surface area (Å²) in [7, 11) is 0. The Kier molecular flexibility index (Phi) is 1.89. The molecule has 2 nitrogen and oxygen atoms in total. The quantitative estimate of drug-likeness (QED) is 0.593. The Balaban J connectivity index is 2.10. The van der Waals surface area contributed by atoms with E-state index in [1.165, 1.54) is 0 Å². The second kappa shape index (κ2) is 2.96. The lowest BCUT2D eigenvalue weighted by atomic mass is 9.54. The standard InChI is InChI=1S/C13H18O2/c14-10-9-12-5-1-3-7-13(12,11(10)15)8-4-2-6-12/h1-4,10-11,14-15H,5-9H2/t10-,11+,12?,13?/m1/s1. The smallest absolute Gasteiger partial charge is 0.0866 e. The van der Waals surface area contributed by atoms with Gasteiger partial charge in [0, 0.05) is 5.41 Å². The third kappa shape index (κ3) is 1.02. The highest BCUT2D eigenvalue weighted by molar-refractivity contribution is 5.23. The topological polar surface area (TPSA) is 40.5 Å². The molecule has 2 N–H and O–H groups in total. The maximum atomic E-state index is 10.3. The van der Waals surface area contributed by atoms with E-state index in [4.69, 9.17) is 0 Å². The van der Waals surface area contributed by atoms with Crippen LogP contribution in [-0.4, -0.2) is 22.4 Å². The van der Waals surface area contributed by atoms with Crippen molar-refractivity contribution >= 4 is 0 Å². The summed E-state index contributed by atoms with van der Waals surface area (Å²) in [5.74, 6) is 0. The number of allylic oxidation sites excluding steroid dienone is 4. The lowest BCUT2D eigenvalue weighted by Crippen LogP contribution is -2.46. The van der Waals surface area contributed by atoms with E-state index in [2.05, 4.69) is 24.3 Å². The molecule has 0 radical (unpaired) electrons. The van der Waals surface area contributed by atoms with Crippen molar-refractivity contribution in [2.75, 3.05) is 0 Å². The van der Waals surface area contributed by atoms with Crippen LogP contribution in [0.1, 0.15) is 32.1 Å². The van der Waals surface area contributed by atoms with Crippen LogP contribution in [0.15, 0.2) is 24.3 Å². The molecule has 0 aromatic heterocycles. The molecule has 0 aliphatic heterocycles. The van der Waals surface area contributed by atoms with Gasteiger partial charge < -0.3 is 10.2 Å². The van der Waals surface area contributed by atoms with E-state index in [1.807, 2.05) is 0 Å². The van der Waals surface area contributed by atoms with E-state index in [9.17, 15) is 10.2 Å². The summed E-state index contributed by atoms with van der Waals surface area (Å²) in [6.07, 6.45) is 12.4. The molecule has 82 valence electrons. The van der Waals surface area contributed by atoms with Crippen molar-refractivity contribution in [2.24, 2.45) is 10.8 Å². The van der Waals surface area contributed by atoms with Crippen molar-refractivity contribution in [3.05, 3.63) is 24.3 Å². The Morgan fingerprint density at radius 1 is 0.867 bits per heavy atom. The molecule has 3 aliphatic rings. The van der Waals surface area contributed by atoms with E-state index >= 15 is 0 Å². The average molecular weight is 206 g/mol. The Morgan fingerprint density at radius 3 is 1.93 bits per heavy atom. The first-order valence-electron chi connectivity index (χ1n) is 5.86. The molecule has 0 aromatic carbocycles. The van der Waals surface area contributed by atoms with Gasteiger partial charge in [0.05, 0.1) is 12.2 Å². The van der Waals surface area contributed by atoms with E-state index in [0.29, 0.717) is 0 Å². The summed E-state index contributed by atoms with van der Waals surface area (Å²) in [5.41, 5.74) is 0.0608. The lowest BCUT2D eigenvalue weighted by molar-refractivity contribution is -0.0560. The van der Waals surface area contributed by atoms with Crippen LogP contribution in [0.4, 0.5) is 0 Å². The second-order valence-electron chi connectivity index (χ2n) is 5.41. The van der Waals surface area contributed by atoms with Crippen LogP contribution >= 0.6 is 0 Å². The minimum Gasteiger partial charge on any atom is -0.390 e. The van der Waals surface area contributed by atoms with Gasteiger partial charge in [0.1, 0.15) is 0 Å². The Morgan fingerprint density at radius 2 is 1.40 bits per heavy atom. The second-order valence-corrected chi connectivity index (χ2v) is 5.41. The lowest BCUT2D eigenvalue weighted by Gasteiger charge is -2.50. The van der Waals surface area contributed by atoms with Crippen molar-refractivity contribution in [1.29, 1.82) is 0 Å². The molecule has 15 heavy (non-hydrogen) atoms. The largest absolute Gasteiger partial charge is 0.390 e. The van der Waals surface area contributed by atoms with Gasteiger partial charge in [-0.1, -0.05) is 24.3 Å². The fraction of sp³-hybridized carbons (Fsp3) is 0.692. The van der Waals surface area contributed by atoms with Gasteiger partial charge in [-0.15, -0.1) is 0 Å². The van der Waals surface area contributed by atoms with Crippen molar-refractivity contribution in [3.63, 3.8) is 0 Å². The van der Waals surface area contributed by atoms with E-state index in [0.717, 1.165) is 32.1 Å². The molecule has 1 saturated carbocycles. The minimum atomic E-state index is -0.535. The fourth-order valence-corrected chi connectivity index (χ4v) is 4.02. The summed E-state index contributed by atoms with van der Waals surface area (Å²) in [5, 5.41) is 20.2. The van der Waals surface area contributed by atoms with Gasteiger partial charge in [-0.05, 0) is 37.5 Å². The molecule has 0 aromatic rings. The van der Waals surface area contributed by atoms with Crippen LogP contribution < -0.4 is 0 Å². The van der Waals surface area contributed by atoms with Gasteiger partial charge in [0.25, 0.3) is 0 Å². The number of aliphatic hydroxyl groups excluding tert-OH is 2. The highest BCUT2D eigenvalue weighted by Crippen LogP contribution is 2.64. The molecule has 2 atom stereocenters. The van der Waals surface area contributed by atoms with E-state index in [-0.39, 0.29) is 10.8 Å². The highest BCUT2D eigenvalue weighted by Gasteiger charge is 2.62. The fourth-order valence-electron chi connectivity index (χ4n) is 4.02. The van der Waals surface area contributed by atoms with E-state index < -0.39 is 12.2 Å². The predicted molar refractivity (Wildman–Crippen MR) is 58.2 cm³/mol. The van der Waals surface area contributed by atoms with Crippen molar-refractivity contribution < 1.29 is 10.2 Å². The number of hydrogen-bond acceptors (Lipinski definition) is 2. The van der Waals surface area contributed by atoms with Crippen LogP contribution in [-0.2, 0) is 0 Å². The molecule has 3 aliphatic carbocycles. The summed E-state index contributed by atoms with van der Waals surface area (Å²) < 4.78 is 0. The van der Waals surface area contributed by atoms with Crippen LogP contribution in [0.25, 0.3) is 0 Å². The Bertz CT molecular complexity index is 311. The molecule has 0 bridgehead atoms. The number of aliphatic hydroxyl groups is 2. The van der Waals surface area contributed by atoms with Crippen LogP contribution in [0.2, 0.25) is 0 Å². The van der Waals surface area contributed by atoms with Crippen LogP contribution in [0, 0.1) is 10.8 Å². The van der Waals surface area contributed by atoms with Gasteiger partial charge >= 0.3 is 0 Å². The molecular formula is C13H18O2. The maximum absolute atomic E-state index is 10.3. The van der Waals surface area contributed by atoms with Gasteiger partial charge in [0.15, 0.2) is 0 Å². The molecule has 0 heterocycles. The Labute approximate surface area is 90.3 Å². The summed E-state index contributed by atoms with van der Waals surface area (Å²) >= 11 is 0. The average Bonchev–Trinajstić information content (AvgIpc) is 2.49. The maximum Gasteiger partial charge on any atom is 0.0866 e. The molecule has 0 saturated heterocycles. The van der Waals surface area contributed by atoms with Crippen molar-refractivity contribution in [3.8, 4) is 0 Å². The third-order valence-electron chi connectivity index (χ3n) is 4.90. The van der Waals surface area contributed by atoms with Gasteiger partial charge in [0.2, 0.25) is 0 Å². The zero-order valence-corrected chi connectivity index (χ0v) is 8.89. The monoisotopic (exact) mass is 206 g/mol. The SMILES string of the molecule is O[C@@H]1CC23CC=CCC2(CC=CC3)[C@H]1O. The molecule has 3 rings (SSSR count). The molecular weight excluding hydrogens is 188 g/mol. The number of hydrogen-bond donors (Lipinski definition) is 2. The predicted octanol–water partition coefficient (Wildman–Crippen LogP) is 1.78. The zero-order valence-electron chi connectivity index (χ0n) is 8.89. The zero-order chi connectivity index (χ0) is 10.5. The molecule has 2 heteroatoms. The minimum absolute atomic E-state index is 0.0735. The van der Waals surface area contributed by atoms with Crippen LogP contribution in [0.3, 0.4) is 0 Å². The first-order valence-corrected chi connectivity index (χ1v) is 5.86. The van der Waals surface area contributed by atoms with Crippen LogP contribution in [0.5, 0.6) is 0 Å². The van der Waals surface area contributed by atoms with E-state index in [1.54, 1.807) is 0 Å². The summed E-state index contributed by atoms with van der Waals surface area (Å²) in [6, 6.07) is 0. The molecule has 1 fully saturated rings. The van der Waals surface area contributed by atoms with Gasteiger partial charge in [-0.3, -0.25) is 0 Å². The molecule has 0 unspecified atom stereocenters. The Hall–Kier alpha value is -0.600. The first-order chi connectivity index (χ1) is 7.20. The highest BCUT2D eigenvalue weighted by atomic mass is 16.3. The van der Waals surface area contributed by atoms with Crippen molar-refractivity contribution in [1.82, 2.24) is 0 Å². The first kappa shape index (κ1) is 9.61. The normalized spacial score (nSPS) is 52.7. The van der Waals surface area contributed by atoms with Gasteiger partial charge in [-0.2, -0.15) is 0 Å². The summed E-state index contributed by atoms with van der Waals surface area (Å²) in [4.78, 5) is 0. The molecule has 0 spiro atoms. The van der Waals surface area contributed by atoms with Gasteiger partial charge in [-0.25, -0.2) is 0 Å². The molecule has 0 amide bonds. The number of rotatable bonds is 0. The summed E-state index contributed by atoms with van der Waals surface area (Å²) in [6.45, 7) is 0.